The highest BCUT2D eigenvalue weighted by Crippen LogP contribution is 2.08. The zero-order valence-electron chi connectivity index (χ0n) is 15.0. The Balaban J connectivity index is 4.57. The summed E-state index contributed by atoms with van der Waals surface area (Å²) >= 11 is 0. The van der Waals surface area contributed by atoms with Gasteiger partial charge in [-0.3, -0.25) is 4.79 Å². The van der Waals surface area contributed by atoms with Gasteiger partial charge in [-0.2, -0.15) is 0 Å². The lowest BCUT2D eigenvalue weighted by Gasteiger charge is -2.23. The van der Waals surface area contributed by atoms with Crippen LogP contribution in [0.15, 0.2) is 12.2 Å². The van der Waals surface area contributed by atoms with Crippen molar-refractivity contribution in [3.63, 3.8) is 0 Å². The van der Waals surface area contributed by atoms with Gasteiger partial charge in [0.25, 0.3) is 0 Å². The third-order valence-corrected chi connectivity index (χ3v) is 2.53. The number of carbonyl (C=O) groups excluding carboxylic acids is 4. The van der Waals surface area contributed by atoms with E-state index >= 15 is 0 Å². The Bertz CT molecular complexity index is 509. The Kier molecular flexibility index (Phi) is 9.92. The number of ether oxygens (including phenoxy) is 3. The van der Waals surface area contributed by atoms with Crippen LogP contribution in [0.4, 0.5) is 4.79 Å². The zero-order valence-corrected chi connectivity index (χ0v) is 15.0. The Hall–Kier alpha value is -2.58. The molecule has 0 aromatic heterocycles. The van der Waals surface area contributed by atoms with Crippen molar-refractivity contribution in [1.29, 1.82) is 0 Å². The minimum atomic E-state index is -0.789. The van der Waals surface area contributed by atoms with Crippen LogP contribution >= 0.6 is 0 Å². The number of carbonyl (C=O) groups is 4. The van der Waals surface area contributed by atoms with Gasteiger partial charge in [0, 0.05) is 18.6 Å². The number of nitrogens with one attached hydrogen (secondary N) is 1. The molecule has 0 bridgehead atoms. The number of amides is 2. The predicted octanol–water partition coefficient (Wildman–Crippen LogP) is 0.808. The summed E-state index contributed by atoms with van der Waals surface area (Å²) in [4.78, 5) is 45.3. The summed E-state index contributed by atoms with van der Waals surface area (Å²) in [6.45, 7) is 6.71. The topological polar surface area (TPSA) is 134 Å². The molecule has 0 aliphatic rings. The molecule has 0 saturated carbocycles. The van der Waals surface area contributed by atoms with Crippen LogP contribution in [-0.2, 0) is 28.6 Å². The second-order valence-electron chi connectivity index (χ2n) is 6.06. The summed E-state index contributed by atoms with van der Waals surface area (Å²) in [5, 5.41) is 2.51. The van der Waals surface area contributed by atoms with Gasteiger partial charge in [0.1, 0.15) is 12.2 Å². The van der Waals surface area contributed by atoms with E-state index in [1.54, 1.807) is 27.7 Å². The highest BCUT2D eigenvalue weighted by Gasteiger charge is 2.20. The lowest BCUT2D eigenvalue weighted by Crippen LogP contribution is -2.42. The lowest BCUT2D eigenvalue weighted by molar-refractivity contribution is -0.140. The van der Waals surface area contributed by atoms with Crippen LogP contribution in [-0.4, -0.2) is 48.8 Å². The van der Waals surface area contributed by atoms with Gasteiger partial charge in [-0.15, -0.1) is 0 Å². The van der Waals surface area contributed by atoms with Gasteiger partial charge in [-0.25, -0.2) is 14.4 Å². The maximum absolute atomic E-state index is 11.8. The molecular formula is C16H26N2O7. The summed E-state index contributed by atoms with van der Waals surface area (Å²) in [6.07, 6.45) is 1.31. The van der Waals surface area contributed by atoms with Crippen LogP contribution < -0.4 is 11.1 Å². The average molecular weight is 358 g/mol. The van der Waals surface area contributed by atoms with Crippen molar-refractivity contribution < 1.29 is 33.4 Å². The molecule has 0 aromatic rings. The van der Waals surface area contributed by atoms with Crippen LogP contribution in [0.3, 0.4) is 0 Å². The third-order valence-electron chi connectivity index (χ3n) is 2.53. The largest absolute Gasteiger partial charge is 0.463 e. The highest BCUT2D eigenvalue weighted by atomic mass is 16.6. The predicted molar refractivity (Wildman–Crippen MR) is 88.3 cm³/mol. The molecule has 0 saturated heterocycles. The number of alkyl carbamates (subject to hydrolysis) is 1. The molecule has 0 aliphatic heterocycles. The molecule has 0 heterocycles. The minimum Gasteiger partial charge on any atom is -0.463 e. The molecule has 0 radical (unpaired) electrons. The van der Waals surface area contributed by atoms with Gasteiger partial charge in [0.2, 0.25) is 5.91 Å². The number of rotatable bonds is 9. The molecule has 142 valence electrons. The molecule has 0 spiro atoms. The number of esters is 2. The first-order chi connectivity index (χ1) is 11.5. The maximum atomic E-state index is 11.8. The second-order valence-corrected chi connectivity index (χ2v) is 6.06. The number of nitrogens with two attached hydrogens (primary N) is 1. The van der Waals surface area contributed by atoms with Gasteiger partial charge in [0.15, 0.2) is 0 Å². The molecule has 0 fully saturated rings. The minimum absolute atomic E-state index is 0.00329. The van der Waals surface area contributed by atoms with Crippen molar-refractivity contribution in [3.05, 3.63) is 12.2 Å². The summed E-state index contributed by atoms with van der Waals surface area (Å²) in [5.74, 6) is -2.01. The van der Waals surface area contributed by atoms with E-state index in [9.17, 15) is 19.2 Å². The molecule has 1 atom stereocenters. The third kappa shape index (κ3) is 13.5. The van der Waals surface area contributed by atoms with Gasteiger partial charge in [-0.1, -0.05) is 0 Å². The molecule has 0 aromatic carbocycles. The first-order valence-corrected chi connectivity index (χ1v) is 7.83. The Labute approximate surface area is 146 Å². The highest BCUT2D eigenvalue weighted by molar-refractivity contribution is 5.91. The smallest absolute Gasteiger partial charge is 0.407 e. The van der Waals surface area contributed by atoms with E-state index < -0.39 is 35.6 Å². The fourth-order valence-electron chi connectivity index (χ4n) is 1.55. The fourth-order valence-corrected chi connectivity index (χ4v) is 1.55. The molecular weight excluding hydrogens is 332 g/mol. The number of hydrogen-bond acceptors (Lipinski definition) is 7. The van der Waals surface area contributed by atoms with E-state index in [0.29, 0.717) is 0 Å². The van der Waals surface area contributed by atoms with E-state index in [1.165, 1.54) is 0 Å². The van der Waals surface area contributed by atoms with Crippen molar-refractivity contribution >= 4 is 23.9 Å². The molecule has 3 N–H and O–H groups in total. The molecule has 9 heteroatoms. The van der Waals surface area contributed by atoms with Crippen molar-refractivity contribution in [2.45, 2.75) is 52.2 Å². The fraction of sp³-hybridized carbons (Fsp3) is 0.625. The number of primary amides is 1. The lowest BCUT2D eigenvalue weighted by atomic mass is 10.1. The van der Waals surface area contributed by atoms with Crippen LogP contribution in [0, 0.1) is 0 Å². The van der Waals surface area contributed by atoms with Gasteiger partial charge >= 0.3 is 18.0 Å². The second kappa shape index (κ2) is 11.1. The van der Waals surface area contributed by atoms with E-state index in [-0.39, 0.29) is 26.1 Å². The molecule has 2 amide bonds. The normalized spacial score (nSPS) is 12.3. The average Bonchev–Trinajstić information content (AvgIpc) is 2.46. The van der Waals surface area contributed by atoms with Crippen molar-refractivity contribution in [1.82, 2.24) is 5.32 Å². The van der Waals surface area contributed by atoms with E-state index in [2.05, 4.69) is 10.1 Å². The Morgan fingerprint density at radius 3 is 2.12 bits per heavy atom. The standard InChI is InChI=1S/C16H26N2O7/c1-5-23-13(20)8-9-14(21)24-10-11(6-7-12(17)19)18-15(22)25-16(2,3)4/h8-9,11H,5-7,10H2,1-4H3,(H2,17,19)(H,18,22)/b9-8+/t11-/m0/s1. The SMILES string of the molecule is CCOC(=O)/C=C/C(=O)OC[C@H](CCC(N)=O)NC(=O)OC(C)(C)C. The van der Waals surface area contributed by atoms with E-state index in [1.807, 2.05) is 0 Å². The van der Waals surface area contributed by atoms with Crippen molar-refractivity contribution in [2.24, 2.45) is 5.73 Å². The first-order valence-electron chi connectivity index (χ1n) is 7.83. The zero-order chi connectivity index (χ0) is 19.5. The molecule has 9 nitrogen and oxygen atoms in total. The van der Waals surface area contributed by atoms with Crippen molar-refractivity contribution in [3.8, 4) is 0 Å². The van der Waals surface area contributed by atoms with Crippen LogP contribution in [0.2, 0.25) is 0 Å². The van der Waals surface area contributed by atoms with Crippen LogP contribution in [0.25, 0.3) is 0 Å². The summed E-state index contributed by atoms with van der Waals surface area (Å²) in [6, 6.07) is -0.665. The van der Waals surface area contributed by atoms with Crippen molar-refractivity contribution in [2.75, 3.05) is 13.2 Å². The quantitative estimate of drug-likeness (QED) is 0.354. The summed E-state index contributed by atoms with van der Waals surface area (Å²) in [5.41, 5.74) is 4.39. The monoisotopic (exact) mass is 358 g/mol. The Morgan fingerprint density at radius 1 is 1.08 bits per heavy atom. The first kappa shape index (κ1) is 22.4. The van der Waals surface area contributed by atoms with E-state index in [0.717, 1.165) is 12.2 Å². The summed E-state index contributed by atoms with van der Waals surface area (Å²) in [7, 11) is 0. The van der Waals surface area contributed by atoms with E-state index in [4.69, 9.17) is 15.2 Å². The molecule has 25 heavy (non-hydrogen) atoms. The Morgan fingerprint density at radius 2 is 1.64 bits per heavy atom. The van der Waals surface area contributed by atoms with Crippen LogP contribution in [0.1, 0.15) is 40.5 Å². The molecule has 0 aliphatic carbocycles. The summed E-state index contributed by atoms with van der Waals surface area (Å²) < 4.78 is 14.7. The van der Waals surface area contributed by atoms with Crippen LogP contribution in [0.5, 0.6) is 0 Å². The maximum Gasteiger partial charge on any atom is 0.407 e. The molecule has 0 rings (SSSR count). The van der Waals surface area contributed by atoms with Gasteiger partial charge in [0.05, 0.1) is 12.6 Å². The molecule has 0 unspecified atom stereocenters. The number of hydrogen-bond donors (Lipinski definition) is 2. The van der Waals surface area contributed by atoms with Gasteiger partial charge < -0.3 is 25.3 Å². The van der Waals surface area contributed by atoms with Gasteiger partial charge in [-0.05, 0) is 34.1 Å².